The highest BCUT2D eigenvalue weighted by atomic mass is 16.1. The highest BCUT2D eigenvalue weighted by Gasteiger charge is 2.14. The Hall–Kier alpha value is -0.850. The summed E-state index contributed by atoms with van der Waals surface area (Å²) in [6.07, 6.45) is 6.32. The molecule has 0 saturated heterocycles. The molecule has 11 heavy (non-hydrogen) atoms. The standard InChI is InChI=1S/C10H14O/c1-8-3-5-10(6-4-8)9(2)7-11/h3,7,10H,2,4-6H2,1H3/t10-/m0/s1. The third-order valence-corrected chi connectivity index (χ3v) is 2.31. The SMILES string of the molecule is C=C(C=O)[C@H]1CC=C(C)CC1. The Bertz CT molecular complexity index is 201. The van der Waals surface area contributed by atoms with Gasteiger partial charge in [0.25, 0.3) is 0 Å². The molecule has 0 heterocycles. The monoisotopic (exact) mass is 150 g/mol. The molecule has 0 bridgehead atoms. The number of carbonyl (C=O) groups excluding carboxylic acids is 1. The van der Waals surface area contributed by atoms with Crippen LogP contribution in [0.25, 0.3) is 0 Å². The zero-order valence-corrected chi connectivity index (χ0v) is 6.97. The minimum Gasteiger partial charge on any atom is -0.298 e. The Balaban J connectivity index is 2.53. The van der Waals surface area contributed by atoms with Gasteiger partial charge >= 0.3 is 0 Å². The van der Waals surface area contributed by atoms with Gasteiger partial charge in [-0.05, 0) is 37.7 Å². The number of hydrogen-bond acceptors (Lipinski definition) is 1. The molecule has 0 aromatic rings. The van der Waals surface area contributed by atoms with E-state index in [9.17, 15) is 4.79 Å². The fourth-order valence-corrected chi connectivity index (χ4v) is 1.40. The van der Waals surface area contributed by atoms with E-state index in [0.29, 0.717) is 5.92 Å². The van der Waals surface area contributed by atoms with Gasteiger partial charge < -0.3 is 0 Å². The molecule has 1 aliphatic carbocycles. The second-order valence-electron chi connectivity index (χ2n) is 3.21. The first kappa shape index (κ1) is 8.25. The van der Waals surface area contributed by atoms with Crippen molar-refractivity contribution in [2.75, 3.05) is 0 Å². The minimum absolute atomic E-state index is 0.413. The van der Waals surface area contributed by atoms with Crippen molar-refractivity contribution < 1.29 is 4.79 Å². The Morgan fingerprint density at radius 2 is 2.55 bits per heavy atom. The van der Waals surface area contributed by atoms with E-state index in [1.807, 2.05) is 0 Å². The van der Waals surface area contributed by atoms with Crippen molar-refractivity contribution in [3.05, 3.63) is 23.8 Å². The van der Waals surface area contributed by atoms with Crippen LogP contribution in [0, 0.1) is 5.92 Å². The third kappa shape index (κ3) is 2.04. The van der Waals surface area contributed by atoms with Crippen LogP contribution in [0.3, 0.4) is 0 Å². The van der Waals surface area contributed by atoms with E-state index in [0.717, 1.165) is 31.1 Å². The first-order chi connectivity index (χ1) is 5.24. The summed E-state index contributed by atoms with van der Waals surface area (Å²) in [5.41, 5.74) is 2.20. The normalized spacial score (nSPS) is 24.1. The fourth-order valence-electron chi connectivity index (χ4n) is 1.40. The molecular formula is C10H14O. The van der Waals surface area contributed by atoms with Crippen LogP contribution in [0.4, 0.5) is 0 Å². The molecule has 60 valence electrons. The van der Waals surface area contributed by atoms with Crippen LogP contribution in [0.1, 0.15) is 26.2 Å². The Morgan fingerprint density at radius 3 is 3.00 bits per heavy atom. The summed E-state index contributed by atoms with van der Waals surface area (Å²) in [6, 6.07) is 0. The summed E-state index contributed by atoms with van der Waals surface area (Å²) < 4.78 is 0. The molecule has 1 heteroatoms. The average Bonchev–Trinajstić information content (AvgIpc) is 2.05. The van der Waals surface area contributed by atoms with Crippen LogP contribution >= 0.6 is 0 Å². The van der Waals surface area contributed by atoms with E-state index in [1.165, 1.54) is 5.57 Å². The summed E-state index contributed by atoms with van der Waals surface area (Å²) in [4.78, 5) is 10.4. The minimum atomic E-state index is 0.413. The van der Waals surface area contributed by atoms with Crippen LogP contribution in [0.5, 0.6) is 0 Å². The lowest BCUT2D eigenvalue weighted by Gasteiger charge is -2.19. The van der Waals surface area contributed by atoms with Gasteiger partial charge in [0.1, 0.15) is 6.29 Å². The van der Waals surface area contributed by atoms with Gasteiger partial charge in [0.05, 0.1) is 0 Å². The van der Waals surface area contributed by atoms with E-state index >= 15 is 0 Å². The second-order valence-corrected chi connectivity index (χ2v) is 3.21. The fraction of sp³-hybridized carbons (Fsp3) is 0.500. The molecule has 1 rings (SSSR count). The van der Waals surface area contributed by atoms with E-state index in [2.05, 4.69) is 19.6 Å². The largest absolute Gasteiger partial charge is 0.298 e. The van der Waals surface area contributed by atoms with Gasteiger partial charge in [-0.3, -0.25) is 4.79 Å². The maximum atomic E-state index is 10.4. The van der Waals surface area contributed by atoms with Crippen LogP contribution in [-0.2, 0) is 4.79 Å². The molecule has 0 unspecified atom stereocenters. The highest BCUT2D eigenvalue weighted by Crippen LogP contribution is 2.26. The summed E-state index contributed by atoms with van der Waals surface area (Å²) in [6.45, 7) is 5.86. The molecule has 0 amide bonds. The predicted molar refractivity (Wildman–Crippen MR) is 46.3 cm³/mol. The van der Waals surface area contributed by atoms with Crippen molar-refractivity contribution >= 4 is 6.29 Å². The van der Waals surface area contributed by atoms with Gasteiger partial charge in [-0.15, -0.1) is 0 Å². The van der Waals surface area contributed by atoms with Crippen molar-refractivity contribution in [1.29, 1.82) is 0 Å². The topological polar surface area (TPSA) is 17.1 Å². The van der Waals surface area contributed by atoms with E-state index in [4.69, 9.17) is 0 Å². The molecule has 0 N–H and O–H groups in total. The molecule has 0 radical (unpaired) electrons. The van der Waals surface area contributed by atoms with Crippen LogP contribution in [-0.4, -0.2) is 6.29 Å². The highest BCUT2D eigenvalue weighted by molar-refractivity contribution is 5.72. The predicted octanol–water partition coefficient (Wildman–Crippen LogP) is 2.49. The Morgan fingerprint density at radius 1 is 1.82 bits per heavy atom. The smallest absolute Gasteiger partial charge is 0.145 e. The van der Waals surface area contributed by atoms with Gasteiger partial charge in [-0.2, -0.15) is 0 Å². The lowest BCUT2D eigenvalue weighted by Crippen LogP contribution is -2.07. The van der Waals surface area contributed by atoms with Crippen LogP contribution in [0.15, 0.2) is 23.8 Å². The number of aldehydes is 1. The summed E-state index contributed by atoms with van der Waals surface area (Å²) in [5.74, 6) is 0.413. The third-order valence-electron chi connectivity index (χ3n) is 2.31. The van der Waals surface area contributed by atoms with Gasteiger partial charge in [0.2, 0.25) is 0 Å². The van der Waals surface area contributed by atoms with Crippen molar-refractivity contribution in [2.45, 2.75) is 26.2 Å². The van der Waals surface area contributed by atoms with Crippen molar-refractivity contribution in [3.63, 3.8) is 0 Å². The van der Waals surface area contributed by atoms with Gasteiger partial charge in [-0.25, -0.2) is 0 Å². The van der Waals surface area contributed by atoms with Gasteiger partial charge in [0.15, 0.2) is 0 Å². The second kappa shape index (κ2) is 3.51. The molecule has 0 aromatic carbocycles. The lowest BCUT2D eigenvalue weighted by atomic mass is 9.86. The molecule has 1 aliphatic rings. The molecule has 0 aliphatic heterocycles. The molecule has 0 saturated carbocycles. The van der Waals surface area contributed by atoms with Gasteiger partial charge in [-0.1, -0.05) is 18.2 Å². The number of hydrogen-bond donors (Lipinski definition) is 0. The number of carbonyl (C=O) groups is 1. The van der Waals surface area contributed by atoms with E-state index < -0.39 is 0 Å². The lowest BCUT2D eigenvalue weighted by molar-refractivity contribution is -0.105. The molecule has 1 atom stereocenters. The summed E-state index contributed by atoms with van der Waals surface area (Å²) >= 11 is 0. The zero-order chi connectivity index (χ0) is 8.27. The van der Waals surface area contributed by atoms with E-state index in [-0.39, 0.29) is 0 Å². The summed E-state index contributed by atoms with van der Waals surface area (Å²) in [7, 11) is 0. The molecule has 0 aromatic heterocycles. The molecule has 0 spiro atoms. The Labute approximate surface area is 67.8 Å². The van der Waals surface area contributed by atoms with Crippen LogP contribution < -0.4 is 0 Å². The van der Waals surface area contributed by atoms with E-state index in [1.54, 1.807) is 0 Å². The average molecular weight is 150 g/mol. The Kier molecular flexibility index (Phi) is 2.64. The first-order valence-corrected chi connectivity index (χ1v) is 4.03. The van der Waals surface area contributed by atoms with Crippen molar-refractivity contribution in [3.8, 4) is 0 Å². The van der Waals surface area contributed by atoms with Crippen LogP contribution in [0.2, 0.25) is 0 Å². The maximum Gasteiger partial charge on any atom is 0.145 e. The van der Waals surface area contributed by atoms with Gasteiger partial charge in [0, 0.05) is 0 Å². The zero-order valence-electron chi connectivity index (χ0n) is 6.97. The number of allylic oxidation sites excluding steroid dienone is 3. The van der Waals surface area contributed by atoms with Crippen molar-refractivity contribution in [1.82, 2.24) is 0 Å². The molecular weight excluding hydrogens is 136 g/mol. The maximum absolute atomic E-state index is 10.4. The van der Waals surface area contributed by atoms with Crippen molar-refractivity contribution in [2.24, 2.45) is 5.92 Å². The number of rotatable bonds is 2. The quantitative estimate of drug-likeness (QED) is 0.336. The molecule has 0 fully saturated rings. The first-order valence-electron chi connectivity index (χ1n) is 4.03. The summed E-state index contributed by atoms with van der Waals surface area (Å²) in [5, 5.41) is 0. The molecule has 1 nitrogen and oxygen atoms in total.